The van der Waals surface area contributed by atoms with Gasteiger partial charge in [-0.15, -0.1) is 0 Å². The number of hydrogen-bond donors (Lipinski definition) is 1. The van der Waals surface area contributed by atoms with Crippen molar-refractivity contribution in [2.24, 2.45) is 0 Å². The Morgan fingerprint density at radius 2 is 1.92 bits per heavy atom. The lowest BCUT2D eigenvalue weighted by Crippen LogP contribution is -2.45. The molecule has 1 heterocycles. The van der Waals surface area contributed by atoms with Gasteiger partial charge >= 0.3 is 0 Å². The second-order valence-electron chi connectivity index (χ2n) is 5.52. The van der Waals surface area contributed by atoms with E-state index in [4.69, 9.17) is 16.3 Å². The monoisotopic (exact) mass is 344 g/mol. The zero-order valence-corrected chi connectivity index (χ0v) is 13.9. The molecule has 3 rings (SSSR count). The molecule has 124 valence electrons. The molecule has 2 aromatic carbocycles. The van der Waals surface area contributed by atoms with E-state index >= 15 is 0 Å². The molecule has 0 unspecified atom stereocenters. The standard InChI is InChI=1S/C18H17ClN2O3/c1-12-18(23)21(15-4-2-3-5-16(15)24-12)11-10-17(22)20-14-8-6-13(19)7-9-14/h2-9,12H,10-11H2,1H3,(H,20,22)/t12-/m0/s1. The maximum absolute atomic E-state index is 12.4. The van der Waals surface area contributed by atoms with Crippen LogP contribution >= 0.6 is 11.6 Å². The number of fused-ring (bicyclic) bond motifs is 1. The molecule has 1 N–H and O–H groups in total. The summed E-state index contributed by atoms with van der Waals surface area (Å²) in [5.74, 6) is 0.345. The van der Waals surface area contributed by atoms with Gasteiger partial charge in [0.25, 0.3) is 5.91 Å². The van der Waals surface area contributed by atoms with Gasteiger partial charge in [0.05, 0.1) is 5.69 Å². The lowest BCUT2D eigenvalue weighted by Gasteiger charge is -2.32. The highest BCUT2D eigenvalue weighted by molar-refractivity contribution is 6.30. The first-order chi connectivity index (χ1) is 11.5. The maximum atomic E-state index is 12.4. The first kappa shape index (κ1) is 16.3. The Morgan fingerprint density at radius 1 is 1.21 bits per heavy atom. The van der Waals surface area contributed by atoms with Crippen molar-refractivity contribution >= 4 is 34.8 Å². The quantitative estimate of drug-likeness (QED) is 0.923. The van der Waals surface area contributed by atoms with E-state index in [1.165, 1.54) is 0 Å². The second-order valence-corrected chi connectivity index (χ2v) is 5.96. The summed E-state index contributed by atoms with van der Waals surface area (Å²) in [5.41, 5.74) is 1.37. The Hall–Kier alpha value is -2.53. The SMILES string of the molecule is C[C@@H]1Oc2ccccc2N(CCC(=O)Nc2ccc(Cl)cc2)C1=O. The van der Waals surface area contributed by atoms with Gasteiger partial charge in [-0.1, -0.05) is 23.7 Å². The van der Waals surface area contributed by atoms with E-state index in [1.807, 2.05) is 24.3 Å². The zero-order valence-electron chi connectivity index (χ0n) is 13.2. The summed E-state index contributed by atoms with van der Waals surface area (Å²) >= 11 is 5.82. The van der Waals surface area contributed by atoms with Crippen molar-refractivity contribution in [3.8, 4) is 5.75 Å². The van der Waals surface area contributed by atoms with Gasteiger partial charge in [0.1, 0.15) is 5.75 Å². The van der Waals surface area contributed by atoms with Crippen molar-refractivity contribution in [1.29, 1.82) is 0 Å². The van der Waals surface area contributed by atoms with E-state index in [0.717, 1.165) is 0 Å². The van der Waals surface area contributed by atoms with Crippen molar-refractivity contribution < 1.29 is 14.3 Å². The highest BCUT2D eigenvalue weighted by atomic mass is 35.5. The molecule has 2 amide bonds. The third kappa shape index (κ3) is 3.51. The van der Waals surface area contributed by atoms with Gasteiger partial charge in [0.15, 0.2) is 6.10 Å². The van der Waals surface area contributed by atoms with Crippen LogP contribution in [0.3, 0.4) is 0 Å². The molecule has 0 bridgehead atoms. The summed E-state index contributed by atoms with van der Waals surface area (Å²) in [6.45, 7) is 2.00. The van der Waals surface area contributed by atoms with Crippen LogP contribution in [-0.4, -0.2) is 24.5 Å². The average molecular weight is 345 g/mol. The van der Waals surface area contributed by atoms with Crippen molar-refractivity contribution in [2.75, 3.05) is 16.8 Å². The Bertz CT molecular complexity index is 761. The minimum Gasteiger partial charge on any atom is -0.479 e. The molecule has 0 saturated heterocycles. The fourth-order valence-electron chi connectivity index (χ4n) is 2.56. The smallest absolute Gasteiger partial charge is 0.267 e. The van der Waals surface area contributed by atoms with Crippen molar-refractivity contribution in [3.05, 3.63) is 53.6 Å². The second kappa shape index (κ2) is 6.93. The minimum atomic E-state index is -0.556. The number of amides is 2. The summed E-state index contributed by atoms with van der Waals surface area (Å²) < 4.78 is 5.58. The largest absolute Gasteiger partial charge is 0.479 e. The Kier molecular flexibility index (Phi) is 4.71. The molecule has 0 aliphatic carbocycles. The normalized spacial score (nSPS) is 16.3. The number of ether oxygens (including phenoxy) is 1. The molecule has 24 heavy (non-hydrogen) atoms. The van der Waals surface area contributed by atoms with Crippen LogP contribution in [0.4, 0.5) is 11.4 Å². The summed E-state index contributed by atoms with van der Waals surface area (Å²) in [6.07, 6.45) is -0.366. The highest BCUT2D eigenvalue weighted by Crippen LogP contribution is 2.33. The molecule has 1 atom stereocenters. The number of para-hydroxylation sites is 2. The number of anilines is 2. The van der Waals surface area contributed by atoms with Gasteiger partial charge in [-0.25, -0.2) is 0 Å². The molecule has 0 spiro atoms. The van der Waals surface area contributed by atoms with Crippen LogP contribution in [-0.2, 0) is 9.59 Å². The van der Waals surface area contributed by atoms with E-state index < -0.39 is 6.10 Å². The van der Waals surface area contributed by atoms with Crippen LogP contribution in [0.2, 0.25) is 5.02 Å². The molecule has 6 heteroatoms. The number of carbonyl (C=O) groups is 2. The van der Waals surface area contributed by atoms with Gasteiger partial charge in [-0.05, 0) is 43.3 Å². The van der Waals surface area contributed by atoms with E-state index in [1.54, 1.807) is 36.1 Å². The lowest BCUT2D eigenvalue weighted by molar-refractivity contribution is -0.125. The number of carbonyl (C=O) groups excluding carboxylic acids is 2. The molecule has 2 aromatic rings. The van der Waals surface area contributed by atoms with Gasteiger partial charge in [0.2, 0.25) is 5.91 Å². The van der Waals surface area contributed by atoms with E-state index in [9.17, 15) is 9.59 Å². The first-order valence-electron chi connectivity index (χ1n) is 7.67. The van der Waals surface area contributed by atoms with E-state index in [2.05, 4.69) is 5.32 Å². The van der Waals surface area contributed by atoms with Crippen molar-refractivity contribution in [2.45, 2.75) is 19.4 Å². The van der Waals surface area contributed by atoms with Crippen LogP contribution in [0.5, 0.6) is 5.75 Å². The van der Waals surface area contributed by atoms with Crippen molar-refractivity contribution in [1.82, 2.24) is 0 Å². The van der Waals surface area contributed by atoms with Gasteiger partial charge < -0.3 is 15.0 Å². The fourth-order valence-corrected chi connectivity index (χ4v) is 2.69. The van der Waals surface area contributed by atoms with Crippen LogP contribution in [0.15, 0.2) is 48.5 Å². The maximum Gasteiger partial charge on any atom is 0.267 e. The number of nitrogens with one attached hydrogen (secondary N) is 1. The zero-order chi connectivity index (χ0) is 17.1. The molecule has 0 radical (unpaired) electrons. The van der Waals surface area contributed by atoms with Gasteiger partial charge in [0, 0.05) is 23.7 Å². The molecular weight excluding hydrogens is 328 g/mol. The topological polar surface area (TPSA) is 58.6 Å². The molecule has 1 aliphatic rings. The molecule has 5 nitrogen and oxygen atoms in total. The van der Waals surface area contributed by atoms with Crippen LogP contribution in [0, 0.1) is 0 Å². The number of halogens is 1. The summed E-state index contributed by atoms with van der Waals surface area (Å²) in [7, 11) is 0. The molecule has 0 saturated carbocycles. The minimum absolute atomic E-state index is 0.145. The predicted octanol–water partition coefficient (Wildman–Crippen LogP) is 3.48. The van der Waals surface area contributed by atoms with Gasteiger partial charge in [-0.2, -0.15) is 0 Å². The van der Waals surface area contributed by atoms with Crippen LogP contribution < -0.4 is 15.0 Å². The summed E-state index contributed by atoms with van der Waals surface area (Å²) in [6, 6.07) is 14.2. The molecule has 1 aliphatic heterocycles. The molecular formula is C18H17ClN2O3. The molecule has 0 aromatic heterocycles. The Labute approximate surface area is 145 Å². The fraction of sp³-hybridized carbons (Fsp3) is 0.222. The third-order valence-electron chi connectivity index (χ3n) is 3.76. The first-order valence-corrected chi connectivity index (χ1v) is 8.05. The number of rotatable bonds is 4. The average Bonchev–Trinajstić information content (AvgIpc) is 2.57. The van der Waals surface area contributed by atoms with E-state index in [0.29, 0.717) is 28.7 Å². The summed E-state index contributed by atoms with van der Waals surface area (Å²) in [4.78, 5) is 26.1. The third-order valence-corrected chi connectivity index (χ3v) is 4.02. The van der Waals surface area contributed by atoms with Crippen LogP contribution in [0.25, 0.3) is 0 Å². The number of benzene rings is 2. The van der Waals surface area contributed by atoms with Crippen LogP contribution in [0.1, 0.15) is 13.3 Å². The highest BCUT2D eigenvalue weighted by Gasteiger charge is 2.31. The summed E-state index contributed by atoms with van der Waals surface area (Å²) in [5, 5.41) is 3.40. The lowest BCUT2D eigenvalue weighted by atomic mass is 10.1. The van der Waals surface area contributed by atoms with Gasteiger partial charge in [-0.3, -0.25) is 9.59 Å². The number of nitrogens with zero attached hydrogens (tertiary/aromatic N) is 1. The Morgan fingerprint density at radius 3 is 2.67 bits per heavy atom. The van der Waals surface area contributed by atoms with Crippen molar-refractivity contribution in [3.63, 3.8) is 0 Å². The number of hydrogen-bond acceptors (Lipinski definition) is 3. The Balaban J connectivity index is 1.66. The van der Waals surface area contributed by atoms with E-state index in [-0.39, 0.29) is 18.2 Å². The molecule has 0 fully saturated rings. The predicted molar refractivity (Wildman–Crippen MR) is 93.6 cm³/mol.